The molecule has 1 aliphatic heterocycles. The number of benzene rings is 1. The average molecular weight is 338 g/mol. The second kappa shape index (κ2) is 6.97. The van der Waals surface area contributed by atoms with Crippen LogP contribution in [0, 0.1) is 23.1 Å². The van der Waals surface area contributed by atoms with Crippen LogP contribution in [0.25, 0.3) is 0 Å². The summed E-state index contributed by atoms with van der Waals surface area (Å²) in [5.74, 6) is -1.82. The fraction of sp³-hybridized carbons (Fsp3) is 0.438. The first-order chi connectivity index (χ1) is 10.9. The first-order valence-corrected chi connectivity index (χ1v) is 7.65. The highest BCUT2D eigenvalue weighted by Gasteiger charge is 2.45. The number of rotatable bonds is 4. The van der Waals surface area contributed by atoms with Crippen LogP contribution in [0.3, 0.4) is 0 Å². The van der Waals surface area contributed by atoms with Crippen molar-refractivity contribution in [1.29, 1.82) is 5.26 Å². The van der Waals surface area contributed by atoms with Crippen LogP contribution in [-0.2, 0) is 9.59 Å². The number of nitriles is 1. The molecule has 0 aliphatic carbocycles. The molecule has 1 fully saturated rings. The zero-order valence-electron chi connectivity index (χ0n) is 12.8. The minimum absolute atomic E-state index is 0.0142. The molecule has 122 valence electrons. The van der Waals surface area contributed by atoms with Gasteiger partial charge in [0.1, 0.15) is 12.4 Å². The van der Waals surface area contributed by atoms with Crippen LogP contribution < -0.4 is 5.32 Å². The Morgan fingerprint density at radius 1 is 1.57 bits per heavy atom. The minimum Gasteiger partial charge on any atom is -0.343 e. The van der Waals surface area contributed by atoms with Gasteiger partial charge in [-0.2, -0.15) is 5.26 Å². The smallest absolute Gasteiger partial charge is 0.226 e. The van der Waals surface area contributed by atoms with Gasteiger partial charge in [-0.1, -0.05) is 17.7 Å². The van der Waals surface area contributed by atoms with Gasteiger partial charge in [-0.3, -0.25) is 9.59 Å². The Hall–Kier alpha value is -2.13. The number of hydrogen-bond donors (Lipinski definition) is 1. The van der Waals surface area contributed by atoms with Gasteiger partial charge in [0.15, 0.2) is 0 Å². The van der Waals surface area contributed by atoms with Crippen molar-refractivity contribution in [3.8, 4) is 6.07 Å². The van der Waals surface area contributed by atoms with Gasteiger partial charge in [0.05, 0.1) is 23.1 Å². The van der Waals surface area contributed by atoms with E-state index in [1.54, 1.807) is 11.0 Å². The SMILES string of the molecule is CC(C)N1C(=O)C[C@H](C(=O)NCC#N)[C@@H]1c1ccc(Cl)c(F)c1. The third-order valence-corrected chi connectivity index (χ3v) is 4.19. The summed E-state index contributed by atoms with van der Waals surface area (Å²) >= 11 is 5.71. The number of amides is 2. The second-order valence-corrected chi connectivity index (χ2v) is 6.11. The normalized spacial score (nSPS) is 20.7. The van der Waals surface area contributed by atoms with Gasteiger partial charge in [-0.15, -0.1) is 0 Å². The maximum Gasteiger partial charge on any atom is 0.226 e. The van der Waals surface area contributed by atoms with Gasteiger partial charge in [0, 0.05) is 12.5 Å². The zero-order valence-corrected chi connectivity index (χ0v) is 13.6. The Morgan fingerprint density at radius 3 is 2.83 bits per heavy atom. The van der Waals surface area contributed by atoms with Crippen molar-refractivity contribution in [1.82, 2.24) is 10.2 Å². The monoisotopic (exact) mass is 337 g/mol. The highest BCUT2D eigenvalue weighted by atomic mass is 35.5. The lowest BCUT2D eigenvalue weighted by Crippen LogP contribution is -2.38. The third-order valence-electron chi connectivity index (χ3n) is 3.88. The van der Waals surface area contributed by atoms with E-state index in [4.69, 9.17) is 16.9 Å². The predicted molar refractivity (Wildman–Crippen MR) is 82.9 cm³/mol. The number of nitrogens with zero attached hydrogens (tertiary/aromatic N) is 2. The van der Waals surface area contributed by atoms with Crippen molar-refractivity contribution in [3.05, 3.63) is 34.6 Å². The topological polar surface area (TPSA) is 73.2 Å². The van der Waals surface area contributed by atoms with E-state index in [1.165, 1.54) is 12.1 Å². The molecule has 2 rings (SSSR count). The maximum absolute atomic E-state index is 13.8. The molecule has 5 nitrogen and oxygen atoms in total. The van der Waals surface area contributed by atoms with E-state index in [-0.39, 0.29) is 35.8 Å². The Balaban J connectivity index is 2.41. The largest absolute Gasteiger partial charge is 0.343 e. The first-order valence-electron chi connectivity index (χ1n) is 7.27. The molecule has 0 bridgehead atoms. The number of carbonyl (C=O) groups excluding carboxylic acids is 2. The van der Waals surface area contributed by atoms with Gasteiger partial charge >= 0.3 is 0 Å². The van der Waals surface area contributed by atoms with E-state index in [0.717, 1.165) is 0 Å². The Kier molecular flexibility index (Phi) is 5.22. The first kappa shape index (κ1) is 17.2. The quantitative estimate of drug-likeness (QED) is 0.857. The van der Waals surface area contributed by atoms with Crippen molar-refractivity contribution in [3.63, 3.8) is 0 Å². The summed E-state index contributed by atoms with van der Waals surface area (Å²) in [6.07, 6.45) is 0.0321. The van der Waals surface area contributed by atoms with Crippen LogP contribution in [0.15, 0.2) is 18.2 Å². The molecule has 7 heteroatoms. The maximum atomic E-state index is 13.8. The molecule has 1 heterocycles. The molecule has 0 spiro atoms. The Labute approximate surface area is 139 Å². The number of carbonyl (C=O) groups is 2. The van der Waals surface area contributed by atoms with Crippen LogP contribution in [0.1, 0.15) is 31.9 Å². The van der Waals surface area contributed by atoms with Crippen LogP contribution in [-0.4, -0.2) is 29.3 Å². The molecular formula is C16H17ClFN3O2. The summed E-state index contributed by atoms with van der Waals surface area (Å²) in [6.45, 7) is 3.55. The van der Waals surface area contributed by atoms with E-state index >= 15 is 0 Å². The van der Waals surface area contributed by atoms with Crippen molar-refractivity contribution >= 4 is 23.4 Å². The van der Waals surface area contributed by atoms with Crippen molar-refractivity contribution < 1.29 is 14.0 Å². The molecule has 23 heavy (non-hydrogen) atoms. The zero-order chi connectivity index (χ0) is 17.1. The molecule has 0 saturated carbocycles. The molecule has 0 unspecified atom stereocenters. The second-order valence-electron chi connectivity index (χ2n) is 5.70. The molecule has 2 atom stereocenters. The van der Waals surface area contributed by atoms with Crippen LogP contribution in [0.5, 0.6) is 0 Å². The van der Waals surface area contributed by atoms with Gasteiger partial charge in [-0.25, -0.2) is 4.39 Å². The van der Waals surface area contributed by atoms with E-state index in [9.17, 15) is 14.0 Å². The van der Waals surface area contributed by atoms with Gasteiger partial charge < -0.3 is 10.2 Å². The minimum atomic E-state index is -0.668. The van der Waals surface area contributed by atoms with E-state index in [2.05, 4.69) is 5.32 Å². The average Bonchev–Trinajstić information content (AvgIpc) is 2.85. The predicted octanol–water partition coefficient (Wildman–Crippen LogP) is 2.42. The summed E-state index contributed by atoms with van der Waals surface area (Å²) in [7, 11) is 0. The molecule has 0 aromatic heterocycles. The molecule has 1 saturated heterocycles. The van der Waals surface area contributed by atoms with E-state index in [1.807, 2.05) is 19.9 Å². The number of nitrogens with one attached hydrogen (secondary N) is 1. The van der Waals surface area contributed by atoms with Crippen molar-refractivity contribution in [2.75, 3.05) is 6.54 Å². The van der Waals surface area contributed by atoms with Crippen LogP contribution in [0.2, 0.25) is 5.02 Å². The van der Waals surface area contributed by atoms with E-state index < -0.39 is 17.8 Å². The molecule has 1 N–H and O–H groups in total. The van der Waals surface area contributed by atoms with Gasteiger partial charge in [-0.05, 0) is 31.5 Å². The molecular weight excluding hydrogens is 321 g/mol. The lowest BCUT2D eigenvalue weighted by molar-refractivity contribution is -0.130. The third kappa shape index (κ3) is 3.45. The number of halogens is 2. The molecule has 0 radical (unpaired) electrons. The van der Waals surface area contributed by atoms with E-state index in [0.29, 0.717) is 5.56 Å². The Bertz CT molecular complexity index is 672. The summed E-state index contributed by atoms with van der Waals surface area (Å²) in [6, 6.07) is 5.41. The molecule has 1 aliphatic rings. The lowest BCUT2D eigenvalue weighted by atomic mass is 9.92. The fourth-order valence-electron chi connectivity index (χ4n) is 2.95. The summed E-state index contributed by atoms with van der Waals surface area (Å²) < 4.78 is 13.8. The van der Waals surface area contributed by atoms with Gasteiger partial charge in [0.25, 0.3) is 0 Å². The molecule has 2 amide bonds. The van der Waals surface area contributed by atoms with Gasteiger partial charge in [0.2, 0.25) is 11.8 Å². The highest BCUT2D eigenvalue weighted by molar-refractivity contribution is 6.30. The Morgan fingerprint density at radius 2 is 2.26 bits per heavy atom. The number of hydrogen-bond acceptors (Lipinski definition) is 3. The van der Waals surface area contributed by atoms with Crippen LogP contribution >= 0.6 is 11.6 Å². The standard InChI is InChI=1S/C16H17ClFN3O2/c1-9(2)21-14(22)8-11(16(23)20-6-5-19)15(21)10-3-4-12(17)13(18)7-10/h3-4,7,9,11,15H,6,8H2,1-2H3,(H,20,23)/t11-,15-/m0/s1. The van der Waals surface area contributed by atoms with Crippen molar-refractivity contribution in [2.45, 2.75) is 32.4 Å². The summed E-state index contributed by atoms with van der Waals surface area (Å²) in [5, 5.41) is 11.1. The number of likely N-dealkylation sites (tertiary alicyclic amines) is 1. The van der Waals surface area contributed by atoms with Crippen molar-refractivity contribution in [2.24, 2.45) is 5.92 Å². The van der Waals surface area contributed by atoms with Crippen LogP contribution in [0.4, 0.5) is 4.39 Å². The lowest BCUT2D eigenvalue weighted by Gasteiger charge is -2.31. The highest BCUT2D eigenvalue weighted by Crippen LogP contribution is 2.40. The molecule has 1 aromatic rings. The fourth-order valence-corrected chi connectivity index (χ4v) is 3.06. The molecule has 1 aromatic carbocycles. The summed E-state index contributed by atoms with van der Waals surface area (Å²) in [5.41, 5.74) is 0.517. The summed E-state index contributed by atoms with van der Waals surface area (Å²) in [4.78, 5) is 26.2.